The Morgan fingerprint density at radius 2 is 1.65 bits per heavy atom. The van der Waals surface area contributed by atoms with E-state index in [4.69, 9.17) is 15.2 Å². The van der Waals surface area contributed by atoms with Crippen LogP contribution < -0.4 is 41.8 Å². The maximum absolute atomic E-state index is 14.7. The summed E-state index contributed by atoms with van der Waals surface area (Å²) in [6.07, 6.45) is 19.6. The summed E-state index contributed by atoms with van der Waals surface area (Å²) < 4.78 is 11.5. The van der Waals surface area contributed by atoms with Crippen molar-refractivity contribution in [1.82, 2.24) is 36.5 Å². The van der Waals surface area contributed by atoms with Crippen LogP contribution in [0, 0.1) is 17.8 Å². The number of likely N-dealkylation sites (tertiary alicyclic amines) is 1. The minimum Gasteiger partial charge on any atom is -0.496 e. The molecule has 4 aliphatic rings. The first-order valence-corrected chi connectivity index (χ1v) is 26.6. The molecule has 6 unspecified atom stereocenters. The maximum atomic E-state index is 14.7. The van der Waals surface area contributed by atoms with Crippen molar-refractivity contribution in [3.05, 3.63) is 64.8 Å². The van der Waals surface area contributed by atoms with Gasteiger partial charge in [0, 0.05) is 48.8 Å². The van der Waals surface area contributed by atoms with Gasteiger partial charge in [0.25, 0.3) is 5.91 Å². The Morgan fingerprint density at radius 1 is 0.903 bits per heavy atom. The molecule has 6 atom stereocenters. The summed E-state index contributed by atoms with van der Waals surface area (Å²) >= 11 is 0. The van der Waals surface area contributed by atoms with Crippen LogP contribution in [0.15, 0.2) is 42.6 Å². The fraction of sp³-hybridized carbons (Fsp3) is 0.589. The number of nitrogens with one attached hydrogen (secondary N) is 5. The van der Waals surface area contributed by atoms with Crippen molar-refractivity contribution in [1.29, 1.82) is 0 Å². The number of likely N-dealkylation sites (N-methyl/N-ethyl adjacent to an activating group) is 1. The Bertz CT molecular complexity index is 2460. The van der Waals surface area contributed by atoms with Crippen LogP contribution in [0.3, 0.4) is 0 Å². The average Bonchev–Trinajstić information content (AvgIpc) is 4.02. The molecule has 16 nitrogen and oxygen atoms in total. The molecule has 2 aromatic carbocycles. The zero-order valence-electron chi connectivity index (χ0n) is 42.6. The monoisotopic (exact) mass is 989 g/mol. The van der Waals surface area contributed by atoms with Crippen molar-refractivity contribution in [3.63, 3.8) is 0 Å². The standard InChI is InChI=1S/C56H76N8O8/c1-36(58-2)53(68)63-51(38-21-14-12-15-22-38)56(70)64-34-41(30-47(64)54(69)62-46-26-19-24-37-20-17-18-25-42(37)46)61-49(65)27-16-11-9-7-5-4-6-8-10-13-23-39-33-59-55(72-35-40-28-29-50(66)60-40)44-32-48(71-3)45(52(57)67)31-43(39)44/h17-18,20,25,31-33,36,38,40-41,46-47,51,58H,4-12,14-16,19,21-22,24,26-30,34-35H2,1-3H3,(H2,57,67)(H,60,66)(H,61,65)(H,62,69)(H,63,68). The van der Waals surface area contributed by atoms with Gasteiger partial charge in [-0.2, -0.15) is 0 Å². The predicted octanol–water partition coefficient (Wildman–Crippen LogP) is 6.20. The number of unbranched alkanes of at least 4 members (excludes halogenated alkanes) is 8. The number of carbonyl (C=O) groups excluding carboxylic acids is 6. The molecule has 2 saturated heterocycles. The SMILES string of the molecule is CNC(C)C(=O)NC(C(=O)N1CC(NC(=O)CCCCCCCCCCC#Cc2cnc(OCC3CCC(=O)N3)c3cc(OC)c(C(N)=O)cc23)CC1C(=O)NC1CCCc2ccccc21)C1CCCCC1. The second-order valence-corrected chi connectivity index (χ2v) is 20.2. The molecule has 3 aromatic rings. The number of pyridine rings is 1. The summed E-state index contributed by atoms with van der Waals surface area (Å²) in [5, 5.41) is 16.7. The van der Waals surface area contributed by atoms with Gasteiger partial charge < -0.3 is 46.7 Å². The van der Waals surface area contributed by atoms with E-state index in [9.17, 15) is 28.8 Å². The van der Waals surface area contributed by atoms with Crippen LogP contribution in [0.25, 0.3) is 10.8 Å². The molecule has 3 heterocycles. The van der Waals surface area contributed by atoms with Gasteiger partial charge in [0.2, 0.25) is 35.4 Å². The molecule has 6 amide bonds. The number of aromatic nitrogens is 1. The van der Waals surface area contributed by atoms with Gasteiger partial charge in [0.05, 0.1) is 36.4 Å². The number of fused-ring (bicyclic) bond motifs is 2. The first-order chi connectivity index (χ1) is 34.9. The minimum absolute atomic E-state index is 0.00321. The lowest BCUT2D eigenvalue weighted by molar-refractivity contribution is -0.143. The van der Waals surface area contributed by atoms with Gasteiger partial charge in [-0.15, -0.1) is 0 Å². The smallest absolute Gasteiger partial charge is 0.252 e. The molecule has 0 spiro atoms. The first-order valence-electron chi connectivity index (χ1n) is 26.6. The first kappa shape index (κ1) is 53.6. The largest absolute Gasteiger partial charge is 0.496 e. The Hall–Kier alpha value is -6.21. The normalized spacial score (nSPS) is 20.6. The number of ether oxygens (including phenoxy) is 2. The molecule has 3 fully saturated rings. The van der Waals surface area contributed by atoms with E-state index in [0.29, 0.717) is 60.1 Å². The molecular formula is C56H76N8O8. The molecular weight excluding hydrogens is 913 g/mol. The molecule has 1 aromatic heterocycles. The van der Waals surface area contributed by atoms with Crippen LogP contribution in [0.5, 0.6) is 11.6 Å². The summed E-state index contributed by atoms with van der Waals surface area (Å²) in [6.45, 7) is 2.25. The second kappa shape index (κ2) is 26.5. The van der Waals surface area contributed by atoms with E-state index in [2.05, 4.69) is 55.5 Å². The Morgan fingerprint density at radius 3 is 2.38 bits per heavy atom. The van der Waals surface area contributed by atoms with Gasteiger partial charge in [-0.05, 0) is 101 Å². The Kier molecular flexibility index (Phi) is 19.7. The number of benzene rings is 2. The third-order valence-electron chi connectivity index (χ3n) is 15.1. The number of hydrogen-bond acceptors (Lipinski definition) is 10. The molecule has 7 N–H and O–H groups in total. The highest BCUT2D eigenvalue weighted by Crippen LogP contribution is 2.35. The molecule has 2 aliphatic heterocycles. The Balaban J connectivity index is 0.858. The number of aryl methyl sites for hydroxylation is 1. The summed E-state index contributed by atoms with van der Waals surface area (Å²) in [5.74, 6) is 5.76. The quantitative estimate of drug-likeness (QED) is 0.0466. The highest BCUT2D eigenvalue weighted by atomic mass is 16.5. The van der Waals surface area contributed by atoms with Crippen LogP contribution in [0.4, 0.5) is 0 Å². The summed E-state index contributed by atoms with van der Waals surface area (Å²) in [5.41, 5.74) is 8.92. The Labute approximate surface area is 424 Å². The number of primary amides is 1. The third kappa shape index (κ3) is 14.3. The van der Waals surface area contributed by atoms with Crippen LogP contribution >= 0.6 is 0 Å². The lowest BCUT2D eigenvalue weighted by Gasteiger charge is -2.35. The van der Waals surface area contributed by atoms with Gasteiger partial charge in [0.1, 0.15) is 24.4 Å². The van der Waals surface area contributed by atoms with Gasteiger partial charge >= 0.3 is 0 Å². The van der Waals surface area contributed by atoms with Gasteiger partial charge in [0.15, 0.2) is 0 Å². The number of nitrogens with two attached hydrogens (primary N) is 1. The molecule has 16 heteroatoms. The molecule has 72 heavy (non-hydrogen) atoms. The highest BCUT2D eigenvalue weighted by Gasteiger charge is 2.45. The van der Waals surface area contributed by atoms with E-state index < -0.39 is 24.0 Å². The summed E-state index contributed by atoms with van der Waals surface area (Å²) in [4.78, 5) is 85.7. The molecule has 2 aliphatic carbocycles. The van der Waals surface area contributed by atoms with Crippen molar-refractivity contribution in [2.45, 2.75) is 178 Å². The molecule has 388 valence electrons. The number of methoxy groups -OCH3 is 1. The fourth-order valence-corrected chi connectivity index (χ4v) is 10.9. The summed E-state index contributed by atoms with van der Waals surface area (Å²) in [6, 6.07) is 8.94. The molecule has 1 saturated carbocycles. The van der Waals surface area contributed by atoms with Crippen LogP contribution in [-0.2, 0) is 30.4 Å². The van der Waals surface area contributed by atoms with Crippen molar-refractivity contribution >= 4 is 46.2 Å². The van der Waals surface area contributed by atoms with E-state index >= 15 is 0 Å². The number of rotatable bonds is 23. The van der Waals surface area contributed by atoms with Gasteiger partial charge in [-0.1, -0.05) is 93.9 Å². The third-order valence-corrected chi connectivity index (χ3v) is 15.1. The highest BCUT2D eigenvalue weighted by molar-refractivity contribution is 6.03. The van der Waals surface area contributed by atoms with Crippen LogP contribution in [0.1, 0.15) is 168 Å². The molecule has 0 bridgehead atoms. The van der Waals surface area contributed by atoms with Gasteiger partial charge in [-0.25, -0.2) is 4.98 Å². The topological polar surface area (TPSA) is 223 Å². The van der Waals surface area contributed by atoms with Crippen molar-refractivity contribution < 1.29 is 38.2 Å². The average molecular weight is 989 g/mol. The lowest BCUT2D eigenvalue weighted by Crippen LogP contribution is -2.58. The molecule has 7 rings (SSSR count). The number of nitrogens with zero attached hydrogens (tertiary/aromatic N) is 2. The number of amides is 6. The minimum atomic E-state index is -0.771. The number of hydrogen-bond donors (Lipinski definition) is 6. The van der Waals surface area contributed by atoms with E-state index in [-0.39, 0.29) is 72.3 Å². The molecule has 0 radical (unpaired) electrons. The van der Waals surface area contributed by atoms with Gasteiger partial charge in [-0.3, -0.25) is 28.8 Å². The lowest BCUT2D eigenvalue weighted by atomic mass is 9.83. The zero-order chi connectivity index (χ0) is 51.0. The maximum Gasteiger partial charge on any atom is 0.252 e. The van der Waals surface area contributed by atoms with E-state index in [1.165, 1.54) is 12.7 Å². The van der Waals surface area contributed by atoms with E-state index in [0.717, 1.165) is 108 Å². The van der Waals surface area contributed by atoms with Crippen LogP contribution in [0.2, 0.25) is 0 Å². The van der Waals surface area contributed by atoms with Crippen molar-refractivity contribution in [3.8, 4) is 23.5 Å². The van der Waals surface area contributed by atoms with Crippen LogP contribution in [-0.4, -0.2) is 103 Å². The van der Waals surface area contributed by atoms with E-state index in [1.54, 1.807) is 37.2 Å². The summed E-state index contributed by atoms with van der Waals surface area (Å²) in [7, 11) is 3.19. The van der Waals surface area contributed by atoms with Crippen molar-refractivity contribution in [2.75, 3.05) is 27.3 Å². The zero-order valence-corrected chi connectivity index (χ0v) is 42.6. The number of carbonyl (C=O) groups is 6. The van der Waals surface area contributed by atoms with E-state index in [1.807, 2.05) is 12.1 Å². The predicted molar refractivity (Wildman–Crippen MR) is 276 cm³/mol. The second-order valence-electron chi connectivity index (χ2n) is 20.2. The van der Waals surface area contributed by atoms with Crippen molar-refractivity contribution in [2.24, 2.45) is 11.7 Å². The fourth-order valence-electron chi connectivity index (χ4n) is 10.9.